The molecule has 100 valence electrons. The van der Waals surface area contributed by atoms with E-state index in [1.165, 1.54) is 22.3 Å². The lowest BCUT2D eigenvalue weighted by molar-refractivity contribution is -0.00000369. The lowest BCUT2D eigenvalue weighted by Crippen LogP contribution is -3.00. The van der Waals surface area contributed by atoms with Crippen LogP contribution >= 0.6 is 0 Å². The average Bonchev–Trinajstić information content (AvgIpc) is 2.46. The van der Waals surface area contributed by atoms with Gasteiger partial charge in [0.15, 0.2) is 0 Å². The number of rotatable bonds is 4. The molecule has 0 aliphatic carbocycles. The summed E-state index contributed by atoms with van der Waals surface area (Å²) in [6.07, 6.45) is 0.982. The van der Waals surface area contributed by atoms with Gasteiger partial charge >= 0.3 is 1.43 Å². The van der Waals surface area contributed by atoms with Crippen molar-refractivity contribution in [3.63, 3.8) is 0 Å². The average molecular weight is 274 g/mol. The second kappa shape index (κ2) is 7.78. The lowest BCUT2D eigenvalue weighted by atomic mass is 9.92. The summed E-state index contributed by atoms with van der Waals surface area (Å²) in [5.74, 6) is 0. The Labute approximate surface area is 123 Å². The predicted octanol–water partition coefficient (Wildman–Crippen LogP) is 0.974. The topological polar surface area (TPSA) is 26.0 Å². The highest BCUT2D eigenvalue weighted by Crippen LogP contribution is 2.27. The van der Waals surface area contributed by atoms with Gasteiger partial charge < -0.3 is 18.1 Å². The van der Waals surface area contributed by atoms with Crippen LogP contribution in [0, 0.1) is 0 Å². The van der Waals surface area contributed by atoms with Gasteiger partial charge in [0.05, 0.1) is 0 Å². The second-order valence-electron chi connectivity index (χ2n) is 4.27. The molecule has 2 heteroatoms. The molecule has 0 unspecified atom stereocenters. The van der Waals surface area contributed by atoms with Gasteiger partial charge in [0.25, 0.3) is 0 Å². The van der Waals surface area contributed by atoms with E-state index in [2.05, 4.69) is 55.5 Å². The maximum absolute atomic E-state index is 5.90. The van der Waals surface area contributed by atoms with Crippen molar-refractivity contribution in [2.75, 3.05) is 6.54 Å². The van der Waals surface area contributed by atoms with E-state index in [0.717, 1.165) is 6.42 Å². The van der Waals surface area contributed by atoms with Crippen LogP contribution in [0.2, 0.25) is 0 Å². The van der Waals surface area contributed by atoms with Crippen LogP contribution in [0.15, 0.2) is 66.2 Å². The van der Waals surface area contributed by atoms with Crippen molar-refractivity contribution in [1.29, 1.82) is 0 Å². The van der Waals surface area contributed by atoms with Gasteiger partial charge in [-0.2, -0.15) is 0 Å². The van der Waals surface area contributed by atoms with Crippen molar-refractivity contribution in [1.82, 2.24) is 0 Å². The molecule has 0 amide bonds. The SMILES string of the molecule is CCC(CN)=C(c1ccccc1)c1ccccc1.[Cl-].[H+]. The maximum Gasteiger partial charge on any atom is 1.00 e. The van der Waals surface area contributed by atoms with Crippen LogP contribution in [-0.4, -0.2) is 6.54 Å². The number of hydrogen-bond donors (Lipinski definition) is 1. The van der Waals surface area contributed by atoms with E-state index in [9.17, 15) is 0 Å². The molecular formula is C17H20ClN. The molecule has 0 atom stereocenters. The van der Waals surface area contributed by atoms with Crippen molar-refractivity contribution in [3.8, 4) is 0 Å². The Hall–Kier alpha value is -1.57. The first-order valence-electron chi connectivity index (χ1n) is 6.39. The van der Waals surface area contributed by atoms with E-state index >= 15 is 0 Å². The van der Waals surface area contributed by atoms with Crippen LogP contribution in [0.25, 0.3) is 5.57 Å². The Kier molecular flexibility index (Phi) is 6.34. The van der Waals surface area contributed by atoms with Crippen LogP contribution < -0.4 is 18.1 Å². The molecule has 19 heavy (non-hydrogen) atoms. The van der Waals surface area contributed by atoms with Gasteiger partial charge in [-0.15, -0.1) is 0 Å². The first kappa shape index (κ1) is 15.5. The van der Waals surface area contributed by atoms with Gasteiger partial charge in [0.1, 0.15) is 0 Å². The van der Waals surface area contributed by atoms with Crippen molar-refractivity contribution in [2.45, 2.75) is 13.3 Å². The smallest absolute Gasteiger partial charge is 1.00 e. The number of nitrogens with two attached hydrogens (primary N) is 1. The summed E-state index contributed by atoms with van der Waals surface area (Å²) in [5.41, 5.74) is 11.0. The molecule has 0 aliphatic heterocycles. The quantitative estimate of drug-likeness (QED) is 0.883. The molecule has 2 rings (SSSR count). The van der Waals surface area contributed by atoms with Crippen molar-refractivity contribution in [3.05, 3.63) is 77.4 Å². The van der Waals surface area contributed by atoms with Crippen molar-refractivity contribution < 1.29 is 13.8 Å². The summed E-state index contributed by atoms with van der Waals surface area (Å²) in [4.78, 5) is 0. The standard InChI is InChI=1S/C17H19N.ClH/c1-2-14(13-18)17(15-9-5-3-6-10-15)16-11-7-4-8-12-16;/h3-12H,2,13,18H2,1H3;1H. The van der Waals surface area contributed by atoms with E-state index in [-0.39, 0.29) is 13.8 Å². The first-order chi connectivity index (χ1) is 8.86. The lowest BCUT2D eigenvalue weighted by Gasteiger charge is -2.14. The zero-order chi connectivity index (χ0) is 12.8. The minimum atomic E-state index is 0. The third kappa shape index (κ3) is 3.69. The molecule has 0 heterocycles. The summed E-state index contributed by atoms with van der Waals surface area (Å²) in [5, 5.41) is 0. The van der Waals surface area contributed by atoms with Gasteiger partial charge in [-0.05, 0) is 28.7 Å². The highest BCUT2D eigenvalue weighted by Gasteiger charge is 2.08. The number of hydrogen-bond acceptors (Lipinski definition) is 1. The number of benzene rings is 2. The molecule has 2 N–H and O–H groups in total. The van der Waals surface area contributed by atoms with Crippen LogP contribution in [-0.2, 0) is 0 Å². The summed E-state index contributed by atoms with van der Waals surface area (Å²) in [6, 6.07) is 21.0. The van der Waals surface area contributed by atoms with E-state index in [1.54, 1.807) is 0 Å². The zero-order valence-electron chi connectivity index (χ0n) is 12.1. The molecule has 2 aromatic carbocycles. The van der Waals surface area contributed by atoms with E-state index in [4.69, 9.17) is 5.73 Å². The summed E-state index contributed by atoms with van der Waals surface area (Å²) in [6.45, 7) is 2.77. The van der Waals surface area contributed by atoms with Crippen LogP contribution in [0.5, 0.6) is 0 Å². The Morgan fingerprint density at radius 1 is 0.895 bits per heavy atom. The fourth-order valence-electron chi connectivity index (χ4n) is 2.21. The highest BCUT2D eigenvalue weighted by atomic mass is 35.5. The number of halogens is 1. The molecule has 0 fully saturated rings. The minimum absolute atomic E-state index is 0. The molecule has 0 saturated carbocycles. The van der Waals surface area contributed by atoms with E-state index in [0.29, 0.717) is 6.54 Å². The third-order valence-corrected chi connectivity index (χ3v) is 3.15. The van der Waals surface area contributed by atoms with Crippen LogP contribution in [0.1, 0.15) is 25.9 Å². The first-order valence-corrected chi connectivity index (χ1v) is 6.39. The van der Waals surface area contributed by atoms with Crippen LogP contribution in [0.3, 0.4) is 0 Å². The van der Waals surface area contributed by atoms with Crippen molar-refractivity contribution >= 4 is 5.57 Å². The van der Waals surface area contributed by atoms with Gasteiger partial charge in [-0.1, -0.05) is 67.6 Å². The molecule has 0 bridgehead atoms. The van der Waals surface area contributed by atoms with Crippen molar-refractivity contribution in [2.24, 2.45) is 5.73 Å². The van der Waals surface area contributed by atoms with E-state index < -0.39 is 0 Å². The fourth-order valence-corrected chi connectivity index (χ4v) is 2.21. The Balaban J connectivity index is 0.00000180. The molecule has 0 aliphatic rings. The molecule has 1 nitrogen and oxygen atoms in total. The Morgan fingerprint density at radius 3 is 1.63 bits per heavy atom. The van der Waals surface area contributed by atoms with E-state index in [1.807, 2.05) is 12.1 Å². The third-order valence-electron chi connectivity index (χ3n) is 3.15. The van der Waals surface area contributed by atoms with Gasteiger partial charge in [-0.3, -0.25) is 0 Å². The second-order valence-corrected chi connectivity index (χ2v) is 4.27. The largest absolute Gasteiger partial charge is 1.00 e. The monoisotopic (exact) mass is 273 g/mol. The predicted molar refractivity (Wildman–Crippen MR) is 79.4 cm³/mol. The highest BCUT2D eigenvalue weighted by molar-refractivity contribution is 5.82. The molecule has 0 saturated heterocycles. The molecule has 0 radical (unpaired) electrons. The fraction of sp³-hybridized carbons (Fsp3) is 0.176. The zero-order valence-corrected chi connectivity index (χ0v) is 11.9. The summed E-state index contributed by atoms with van der Waals surface area (Å²) in [7, 11) is 0. The summed E-state index contributed by atoms with van der Waals surface area (Å²) >= 11 is 0. The summed E-state index contributed by atoms with van der Waals surface area (Å²) < 4.78 is 0. The van der Waals surface area contributed by atoms with Gasteiger partial charge in [0.2, 0.25) is 0 Å². The normalized spacial score (nSPS) is 9.58. The molecule has 0 aromatic heterocycles. The van der Waals surface area contributed by atoms with Gasteiger partial charge in [-0.25, -0.2) is 0 Å². The minimum Gasteiger partial charge on any atom is -1.00 e. The maximum atomic E-state index is 5.90. The Morgan fingerprint density at radius 2 is 1.32 bits per heavy atom. The molecular weight excluding hydrogens is 254 g/mol. The van der Waals surface area contributed by atoms with Crippen LogP contribution in [0.4, 0.5) is 0 Å². The Bertz CT molecular complexity index is 476. The molecule has 2 aromatic rings. The van der Waals surface area contributed by atoms with Gasteiger partial charge in [0, 0.05) is 6.54 Å². The molecule has 0 spiro atoms.